The first-order valence-corrected chi connectivity index (χ1v) is 8.06. The Kier molecular flexibility index (Phi) is 5.62. The Morgan fingerprint density at radius 3 is 2.38 bits per heavy atom. The molecular weight excluding hydrogens is 349 g/mol. The number of benzene rings is 1. The summed E-state index contributed by atoms with van der Waals surface area (Å²) in [7, 11) is 0. The van der Waals surface area contributed by atoms with Gasteiger partial charge in [-0.1, -0.05) is 29.3 Å². The maximum atomic E-state index is 12.2. The fourth-order valence-electron chi connectivity index (χ4n) is 2.74. The standard InChI is InChI=1S/C18H17Cl2NO3/c1-9-5-10(2)16(12(4)22)11(3)14(9)8-24-18(23)13-6-15(19)17(20)21-7-13/h5-7H,8H2,1-4H3. The summed E-state index contributed by atoms with van der Waals surface area (Å²) in [6, 6.07) is 3.34. The molecule has 0 N–H and O–H groups in total. The van der Waals surface area contributed by atoms with Crippen LogP contribution in [0.3, 0.4) is 0 Å². The number of halogens is 2. The minimum absolute atomic E-state index is 0.00809. The zero-order valence-electron chi connectivity index (χ0n) is 13.9. The van der Waals surface area contributed by atoms with Crippen LogP contribution >= 0.6 is 23.2 Å². The van der Waals surface area contributed by atoms with E-state index < -0.39 is 5.97 Å². The lowest BCUT2D eigenvalue weighted by molar-refractivity contribution is 0.0471. The van der Waals surface area contributed by atoms with Crippen LogP contribution in [0.25, 0.3) is 0 Å². The second-order valence-electron chi connectivity index (χ2n) is 5.62. The number of pyridine rings is 1. The van der Waals surface area contributed by atoms with Crippen molar-refractivity contribution >= 4 is 35.0 Å². The van der Waals surface area contributed by atoms with Crippen LogP contribution in [0.5, 0.6) is 0 Å². The Balaban J connectivity index is 2.25. The van der Waals surface area contributed by atoms with Gasteiger partial charge in [0, 0.05) is 11.8 Å². The van der Waals surface area contributed by atoms with E-state index in [2.05, 4.69) is 4.98 Å². The van der Waals surface area contributed by atoms with Gasteiger partial charge in [-0.15, -0.1) is 0 Å². The number of Topliss-reactive ketones (excluding diaryl/α,β-unsaturated/α-hetero) is 1. The molecule has 0 saturated heterocycles. The first-order valence-electron chi connectivity index (χ1n) is 7.31. The van der Waals surface area contributed by atoms with E-state index in [0.717, 1.165) is 22.3 Å². The monoisotopic (exact) mass is 365 g/mol. The summed E-state index contributed by atoms with van der Waals surface area (Å²) in [6.07, 6.45) is 1.31. The van der Waals surface area contributed by atoms with E-state index in [9.17, 15) is 9.59 Å². The molecule has 1 heterocycles. The third-order valence-corrected chi connectivity index (χ3v) is 4.55. The maximum absolute atomic E-state index is 12.2. The Hall–Kier alpha value is -1.91. The molecule has 0 unspecified atom stereocenters. The molecule has 2 rings (SSSR count). The molecule has 0 bridgehead atoms. The largest absolute Gasteiger partial charge is 0.457 e. The van der Waals surface area contributed by atoms with Crippen molar-refractivity contribution in [2.45, 2.75) is 34.3 Å². The molecule has 2 aromatic rings. The number of ketones is 1. The van der Waals surface area contributed by atoms with E-state index in [-0.39, 0.29) is 28.1 Å². The molecule has 0 amide bonds. The highest BCUT2D eigenvalue weighted by Gasteiger charge is 2.16. The van der Waals surface area contributed by atoms with Gasteiger partial charge in [-0.25, -0.2) is 9.78 Å². The van der Waals surface area contributed by atoms with Crippen molar-refractivity contribution in [3.8, 4) is 0 Å². The number of hydrogen-bond donors (Lipinski definition) is 0. The van der Waals surface area contributed by atoms with E-state index in [1.807, 2.05) is 26.8 Å². The summed E-state index contributed by atoms with van der Waals surface area (Å²) in [6.45, 7) is 7.28. The van der Waals surface area contributed by atoms with Crippen LogP contribution in [0.4, 0.5) is 0 Å². The van der Waals surface area contributed by atoms with Gasteiger partial charge in [-0.2, -0.15) is 0 Å². The van der Waals surface area contributed by atoms with Gasteiger partial charge >= 0.3 is 5.97 Å². The number of rotatable bonds is 4. The fourth-order valence-corrected chi connectivity index (χ4v) is 3.01. The molecule has 4 nitrogen and oxygen atoms in total. The predicted molar refractivity (Wildman–Crippen MR) is 94.0 cm³/mol. The lowest BCUT2D eigenvalue weighted by atomic mass is 9.92. The van der Waals surface area contributed by atoms with Crippen LogP contribution < -0.4 is 0 Å². The lowest BCUT2D eigenvalue weighted by Gasteiger charge is -2.16. The molecule has 1 aromatic carbocycles. The number of nitrogens with zero attached hydrogens (tertiary/aromatic N) is 1. The average Bonchev–Trinajstić information content (AvgIpc) is 2.48. The van der Waals surface area contributed by atoms with E-state index in [0.29, 0.717) is 5.56 Å². The number of carbonyl (C=O) groups is 2. The topological polar surface area (TPSA) is 56.3 Å². The highest BCUT2D eigenvalue weighted by Crippen LogP contribution is 2.24. The van der Waals surface area contributed by atoms with Crippen LogP contribution in [-0.4, -0.2) is 16.7 Å². The van der Waals surface area contributed by atoms with Gasteiger partial charge in [0.2, 0.25) is 0 Å². The number of hydrogen-bond acceptors (Lipinski definition) is 4. The van der Waals surface area contributed by atoms with E-state index >= 15 is 0 Å². The van der Waals surface area contributed by atoms with Gasteiger partial charge in [-0.3, -0.25) is 4.79 Å². The van der Waals surface area contributed by atoms with Crippen LogP contribution in [0.15, 0.2) is 18.3 Å². The molecule has 0 atom stereocenters. The van der Waals surface area contributed by atoms with Gasteiger partial charge in [0.25, 0.3) is 0 Å². The SMILES string of the molecule is CC(=O)c1c(C)cc(C)c(COC(=O)c2cnc(Cl)c(Cl)c2)c1C. The summed E-state index contributed by atoms with van der Waals surface area (Å²) >= 11 is 11.6. The van der Waals surface area contributed by atoms with Crippen molar-refractivity contribution < 1.29 is 14.3 Å². The normalized spacial score (nSPS) is 10.6. The van der Waals surface area contributed by atoms with Gasteiger partial charge in [-0.05, 0) is 56.0 Å². The molecule has 6 heteroatoms. The van der Waals surface area contributed by atoms with Crippen molar-refractivity contribution in [1.82, 2.24) is 4.98 Å². The molecule has 0 fully saturated rings. The number of carbonyl (C=O) groups excluding carboxylic acids is 2. The summed E-state index contributed by atoms with van der Waals surface area (Å²) in [5, 5.41) is 0.317. The van der Waals surface area contributed by atoms with Crippen molar-refractivity contribution in [1.29, 1.82) is 0 Å². The Bertz CT molecular complexity index is 831. The maximum Gasteiger partial charge on any atom is 0.340 e. The van der Waals surface area contributed by atoms with Crippen LogP contribution in [0, 0.1) is 20.8 Å². The molecule has 24 heavy (non-hydrogen) atoms. The van der Waals surface area contributed by atoms with Gasteiger partial charge in [0.05, 0.1) is 10.6 Å². The Morgan fingerprint density at radius 1 is 1.12 bits per heavy atom. The molecular formula is C18H17Cl2NO3. The number of esters is 1. The Labute approximate surface area is 150 Å². The first-order chi connectivity index (χ1) is 11.2. The van der Waals surface area contributed by atoms with Crippen molar-refractivity contribution in [2.24, 2.45) is 0 Å². The lowest BCUT2D eigenvalue weighted by Crippen LogP contribution is -2.10. The summed E-state index contributed by atoms with van der Waals surface area (Å²) < 4.78 is 5.35. The predicted octanol–water partition coefficient (Wildman–Crippen LogP) is 4.87. The van der Waals surface area contributed by atoms with E-state index in [1.54, 1.807) is 0 Å². The quantitative estimate of drug-likeness (QED) is 0.440. The molecule has 0 aliphatic carbocycles. The number of aryl methyl sites for hydroxylation is 2. The van der Waals surface area contributed by atoms with Crippen LogP contribution in [-0.2, 0) is 11.3 Å². The van der Waals surface area contributed by atoms with Crippen molar-refractivity contribution in [2.75, 3.05) is 0 Å². The van der Waals surface area contributed by atoms with Crippen LogP contribution in [0.1, 0.15) is 49.9 Å². The number of ether oxygens (including phenoxy) is 1. The van der Waals surface area contributed by atoms with Gasteiger partial charge in [0.1, 0.15) is 11.8 Å². The third-order valence-electron chi connectivity index (χ3n) is 3.86. The van der Waals surface area contributed by atoms with Crippen molar-refractivity contribution in [3.63, 3.8) is 0 Å². The van der Waals surface area contributed by atoms with E-state index in [4.69, 9.17) is 27.9 Å². The smallest absolute Gasteiger partial charge is 0.340 e. The van der Waals surface area contributed by atoms with Gasteiger partial charge < -0.3 is 4.74 Å². The highest BCUT2D eigenvalue weighted by molar-refractivity contribution is 6.41. The molecule has 0 aliphatic rings. The zero-order chi connectivity index (χ0) is 18.0. The summed E-state index contributed by atoms with van der Waals surface area (Å²) in [5.41, 5.74) is 4.44. The second kappa shape index (κ2) is 7.32. The van der Waals surface area contributed by atoms with Crippen LogP contribution in [0.2, 0.25) is 10.2 Å². The summed E-state index contributed by atoms with van der Waals surface area (Å²) in [5.74, 6) is -0.559. The summed E-state index contributed by atoms with van der Waals surface area (Å²) in [4.78, 5) is 27.8. The highest BCUT2D eigenvalue weighted by atomic mass is 35.5. The molecule has 0 radical (unpaired) electrons. The fraction of sp³-hybridized carbons (Fsp3) is 0.278. The van der Waals surface area contributed by atoms with E-state index in [1.165, 1.54) is 19.2 Å². The molecule has 0 spiro atoms. The molecule has 126 valence electrons. The van der Waals surface area contributed by atoms with Gasteiger partial charge in [0.15, 0.2) is 5.78 Å². The molecule has 1 aromatic heterocycles. The number of aromatic nitrogens is 1. The zero-order valence-corrected chi connectivity index (χ0v) is 15.4. The minimum atomic E-state index is -0.551. The first kappa shape index (κ1) is 18.4. The Morgan fingerprint density at radius 2 is 1.79 bits per heavy atom. The third kappa shape index (κ3) is 3.77. The second-order valence-corrected chi connectivity index (χ2v) is 6.38. The van der Waals surface area contributed by atoms with Crippen molar-refractivity contribution in [3.05, 3.63) is 61.9 Å². The molecule has 0 aliphatic heterocycles. The molecule has 0 saturated carbocycles. The minimum Gasteiger partial charge on any atom is -0.457 e. The average molecular weight is 366 g/mol.